The van der Waals surface area contributed by atoms with Crippen molar-refractivity contribution in [2.75, 3.05) is 26.2 Å². The van der Waals surface area contributed by atoms with Gasteiger partial charge in [-0.05, 0) is 58.5 Å². The van der Waals surface area contributed by atoms with Crippen LogP contribution in [0.3, 0.4) is 0 Å². The van der Waals surface area contributed by atoms with Gasteiger partial charge < -0.3 is 9.80 Å². The number of ketones is 1. The van der Waals surface area contributed by atoms with E-state index in [0.29, 0.717) is 5.56 Å². The molecule has 25 heavy (non-hydrogen) atoms. The van der Waals surface area contributed by atoms with E-state index in [9.17, 15) is 4.79 Å². The molecule has 0 heterocycles. The van der Waals surface area contributed by atoms with Crippen molar-refractivity contribution in [1.82, 2.24) is 9.80 Å². The maximum absolute atomic E-state index is 11.6. The Morgan fingerprint density at radius 1 is 1.08 bits per heavy atom. The van der Waals surface area contributed by atoms with Gasteiger partial charge >= 0.3 is 0 Å². The standard InChI is InChI=1S/C18H27N3OS2.ClH/c1-6-20(7-2)17(24-18(23)21(8-3)9-4)19-16-12-10-11-15(13-16)14(5)22;/h10-13H,6-9H2,1-5H3;1H/b19-17+;. The Kier molecular flexibility index (Phi) is 11.7. The molecule has 0 saturated carbocycles. The zero-order valence-corrected chi connectivity index (χ0v) is 18.1. The zero-order chi connectivity index (χ0) is 18.1. The number of halogens is 1. The molecule has 0 atom stereocenters. The second-order valence-corrected chi connectivity index (χ2v) is 6.81. The first-order chi connectivity index (χ1) is 11.5. The van der Waals surface area contributed by atoms with Crippen LogP contribution in [0.25, 0.3) is 0 Å². The molecule has 0 unspecified atom stereocenters. The molecule has 0 aliphatic heterocycles. The van der Waals surface area contributed by atoms with Crippen LogP contribution in [0.1, 0.15) is 45.0 Å². The SMILES string of the molecule is CCN(CC)C(=S)S/C(=N/c1cccc(C(C)=O)c1)N(CC)CC.Cl. The number of hydrogen-bond acceptors (Lipinski definition) is 4. The molecule has 0 aromatic heterocycles. The third kappa shape index (κ3) is 7.34. The number of benzene rings is 1. The lowest BCUT2D eigenvalue weighted by atomic mass is 10.1. The summed E-state index contributed by atoms with van der Waals surface area (Å²) in [5, 5.41) is 0.873. The molecule has 0 amide bonds. The van der Waals surface area contributed by atoms with Crippen LogP contribution in [0.5, 0.6) is 0 Å². The highest BCUT2D eigenvalue weighted by Gasteiger charge is 2.15. The average molecular weight is 402 g/mol. The van der Waals surface area contributed by atoms with Crippen LogP contribution in [-0.2, 0) is 0 Å². The van der Waals surface area contributed by atoms with Crippen molar-refractivity contribution in [2.45, 2.75) is 34.6 Å². The molecule has 140 valence electrons. The molecule has 0 saturated heterocycles. The van der Waals surface area contributed by atoms with Gasteiger partial charge in [-0.15, -0.1) is 12.4 Å². The van der Waals surface area contributed by atoms with E-state index >= 15 is 0 Å². The average Bonchev–Trinajstić information content (AvgIpc) is 2.57. The van der Waals surface area contributed by atoms with Gasteiger partial charge in [0.05, 0.1) is 5.69 Å². The highest BCUT2D eigenvalue weighted by atomic mass is 35.5. The van der Waals surface area contributed by atoms with Crippen LogP contribution >= 0.6 is 36.4 Å². The van der Waals surface area contributed by atoms with E-state index in [0.717, 1.165) is 41.4 Å². The van der Waals surface area contributed by atoms with Crippen LogP contribution < -0.4 is 0 Å². The number of thiocarbonyl (C=S) groups is 1. The third-order valence-electron chi connectivity index (χ3n) is 3.71. The fourth-order valence-electron chi connectivity index (χ4n) is 2.18. The number of thioether (sulfide) groups is 1. The maximum atomic E-state index is 11.6. The van der Waals surface area contributed by atoms with Crippen LogP contribution in [0.4, 0.5) is 5.69 Å². The number of rotatable bonds is 6. The van der Waals surface area contributed by atoms with Crippen molar-refractivity contribution < 1.29 is 4.79 Å². The van der Waals surface area contributed by atoms with E-state index in [-0.39, 0.29) is 18.2 Å². The van der Waals surface area contributed by atoms with Crippen LogP contribution in [0.2, 0.25) is 0 Å². The van der Waals surface area contributed by atoms with E-state index in [4.69, 9.17) is 17.2 Å². The fraction of sp³-hybridized carbons (Fsp3) is 0.500. The zero-order valence-electron chi connectivity index (χ0n) is 15.6. The predicted molar refractivity (Wildman–Crippen MR) is 117 cm³/mol. The normalized spacial score (nSPS) is 10.8. The molecular weight excluding hydrogens is 374 g/mol. The van der Waals surface area contributed by atoms with Gasteiger partial charge in [-0.2, -0.15) is 0 Å². The van der Waals surface area contributed by atoms with E-state index in [1.807, 2.05) is 24.3 Å². The second-order valence-electron chi connectivity index (χ2n) is 5.21. The van der Waals surface area contributed by atoms with E-state index < -0.39 is 0 Å². The fourth-order valence-corrected chi connectivity index (χ4v) is 3.75. The van der Waals surface area contributed by atoms with Crippen molar-refractivity contribution in [1.29, 1.82) is 0 Å². The minimum Gasteiger partial charge on any atom is -0.358 e. The summed E-state index contributed by atoms with van der Waals surface area (Å²) in [5.74, 6) is 0.0442. The van der Waals surface area contributed by atoms with Gasteiger partial charge in [-0.1, -0.05) is 24.4 Å². The maximum Gasteiger partial charge on any atom is 0.171 e. The first kappa shape index (κ1) is 23.9. The lowest BCUT2D eigenvalue weighted by Gasteiger charge is -2.26. The van der Waals surface area contributed by atoms with Crippen LogP contribution in [0, 0.1) is 0 Å². The Morgan fingerprint density at radius 3 is 2.12 bits per heavy atom. The number of Topliss-reactive ketones (excluding diaryl/α,β-unsaturated/α-hetero) is 1. The Balaban J connectivity index is 0.00000576. The summed E-state index contributed by atoms with van der Waals surface area (Å²) in [6.45, 7) is 13.4. The highest BCUT2D eigenvalue weighted by molar-refractivity contribution is 8.32. The van der Waals surface area contributed by atoms with Gasteiger partial charge in [-0.25, -0.2) is 4.99 Å². The highest BCUT2D eigenvalue weighted by Crippen LogP contribution is 2.21. The number of carbonyl (C=O) groups excluding carboxylic acids is 1. The Morgan fingerprint density at radius 2 is 1.64 bits per heavy atom. The number of aliphatic imine (C=N–C) groups is 1. The molecule has 0 fully saturated rings. The van der Waals surface area contributed by atoms with Crippen LogP contribution in [-0.4, -0.2) is 51.3 Å². The summed E-state index contributed by atoms with van der Waals surface area (Å²) in [7, 11) is 0. The van der Waals surface area contributed by atoms with Gasteiger partial charge in [0.1, 0.15) is 4.32 Å². The predicted octanol–water partition coefficient (Wildman–Crippen LogP) is 5.00. The van der Waals surface area contributed by atoms with Crippen molar-refractivity contribution >= 4 is 57.3 Å². The minimum atomic E-state index is 0. The second kappa shape index (κ2) is 12.3. The summed E-state index contributed by atoms with van der Waals surface area (Å²) < 4.78 is 0.827. The Bertz CT molecular complexity index is 600. The lowest BCUT2D eigenvalue weighted by molar-refractivity contribution is 0.101. The van der Waals surface area contributed by atoms with Crippen molar-refractivity contribution in [2.24, 2.45) is 4.99 Å². The molecule has 0 N–H and O–H groups in total. The molecular formula is C18H28ClN3OS2. The first-order valence-corrected chi connectivity index (χ1v) is 9.60. The molecule has 1 aromatic rings. The summed E-state index contributed by atoms with van der Waals surface area (Å²) in [5.41, 5.74) is 1.45. The number of nitrogens with zero attached hydrogens (tertiary/aromatic N) is 3. The largest absolute Gasteiger partial charge is 0.358 e. The minimum absolute atomic E-state index is 0. The van der Waals surface area contributed by atoms with Gasteiger partial charge in [0, 0.05) is 31.7 Å². The monoisotopic (exact) mass is 401 g/mol. The molecule has 0 radical (unpaired) electrons. The summed E-state index contributed by atoms with van der Waals surface area (Å²) >= 11 is 7.09. The number of amidine groups is 1. The molecule has 0 aliphatic rings. The van der Waals surface area contributed by atoms with E-state index in [1.54, 1.807) is 6.92 Å². The van der Waals surface area contributed by atoms with Gasteiger partial charge in [-0.3, -0.25) is 4.79 Å². The molecule has 1 aromatic carbocycles. The summed E-state index contributed by atoms with van der Waals surface area (Å²) in [6, 6.07) is 7.42. The van der Waals surface area contributed by atoms with Crippen molar-refractivity contribution in [3.8, 4) is 0 Å². The van der Waals surface area contributed by atoms with Gasteiger partial charge in [0.15, 0.2) is 11.0 Å². The first-order valence-electron chi connectivity index (χ1n) is 8.38. The smallest absolute Gasteiger partial charge is 0.171 e. The lowest BCUT2D eigenvalue weighted by Crippen LogP contribution is -2.33. The molecule has 0 bridgehead atoms. The van der Waals surface area contributed by atoms with Gasteiger partial charge in [0.2, 0.25) is 0 Å². The van der Waals surface area contributed by atoms with Crippen molar-refractivity contribution in [3.63, 3.8) is 0 Å². The Hall–Kier alpha value is -1.11. The Labute approximate surface area is 167 Å². The summed E-state index contributed by atoms with van der Waals surface area (Å²) in [6.07, 6.45) is 0. The molecule has 0 aliphatic carbocycles. The van der Waals surface area contributed by atoms with E-state index in [1.165, 1.54) is 11.8 Å². The van der Waals surface area contributed by atoms with Gasteiger partial charge in [0.25, 0.3) is 0 Å². The third-order valence-corrected chi connectivity index (χ3v) is 5.18. The number of hydrogen-bond donors (Lipinski definition) is 0. The topological polar surface area (TPSA) is 35.9 Å². The molecule has 7 heteroatoms. The van der Waals surface area contributed by atoms with E-state index in [2.05, 4.69) is 37.5 Å². The number of carbonyl (C=O) groups is 1. The summed E-state index contributed by atoms with van der Waals surface area (Å²) in [4.78, 5) is 20.7. The van der Waals surface area contributed by atoms with Crippen molar-refractivity contribution in [3.05, 3.63) is 29.8 Å². The molecule has 4 nitrogen and oxygen atoms in total. The molecule has 0 spiro atoms. The van der Waals surface area contributed by atoms with Crippen LogP contribution in [0.15, 0.2) is 29.3 Å². The molecule has 1 rings (SSSR count). The quantitative estimate of drug-likeness (QED) is 0.290.